The largest absolute Gasteiger partial charge is 0.376 e. The summed E-state index contributed by atoms with van der Waals surface area (Å²) in [6, 6.07) is 21.8. The van der Waals surface area contributed by atoms with Crippen LogP contribution in [0.4, 0.5) is 11.5 Å². The maximum Gasteiger partial charge on any atom is 0.244 e. The van der Waals surface area contributed by atoms with Gasteiger partial charge >= 0.3 is 0 Å². The van der Waals surface area contributed by atoms with Gasteiger partial charge in [-0.1, -0.05) is 48.5 Å². The molecule has 0 unspecified atom stereocenters. The second-order valence-corrected chi connectivity index (χ2v) is 6.39. The summed E-state index contributed by atoms with van der Waals surface area (Å²) in [5, 5.41) is 15.6. The number of aromatic nitrogens is 1. The number of rotatable bonds is 6. The Kier molecular flexibility index (Phi) is 5.58. The molecule has 1 aromatic heterocycles. The van der Waals surface area contributed by atoms with E-state index in [4.69, 9.17) is 0 Å². The van der Waals surface area contributed by atoms with Gasteiger partial charge in [0.1, 0.15) is 11.9 Å². The van der Waals surface area contributed by atoms with Crippen LogP contribution in [-0.2, 0) is 11.3 Å². The maximum absolute atomic E-state index is 12.5. The van der Waals surface area contributed by atoms with Crippen molar-refractivity contribution >= 4 is 17.4 Å². The first-order chi connectivity index (χ1) is 13.1. The van der Waals surface area contributed by atoms with Gasteiger partial charge in [-0.3, -0.25) is 4.79 Å². The fraction of sp³-hybridized carbons (Fsp3) is 0.182. The van der Waals surface area contributed by atoms with E-state index in [1.54, 1.807) is 0 Å². The number of para-hydroxylation sites is 1. The van der Waals surface area contributed by atoms with Gasteiger partial charge in [0.15, 0.2) is 0 Å². The molecule has 5 nitrogen and oxygen atoms in total. The number of carbonyl (C=O) groups excluding carboxylic acids is 1. The molecule has 0 fully saturated rings. The molecule has 3 rings (SSSR count). The lowest BCUT2D eigenvalue weighted by atomic mass is 10.2. The Morgan fingerprint density at radius 1 is 1.04 bits per heavy atom. The van der Waals surface area contributed by atoms with E-state index in [0.29, 0.717) is 17.9 Å². The molecule has 0 aliphatic rings. The summed E-state index contributed by atoms with van der Waals surface area (Å²) < 4.78 is 1.99. The van der Waals surface area contributed by atoms with Gasteiger partial charge in [0.05, 0.1) is 12.1 Å². The number of hydrogen-bond acceptors (Lipinski definition) is 3. The van der Waals surface area contributed by atoms with Crippen LogP contribution in [0.25, 0.3) is 0 Å². The molecule has 3 aromatic rings. The molecule has 27 heavy (non-hydrogen) atoms. The summed E-state index contributed by atoms with van der Waals surface area (Å²) in [6.45, 7) is 4.60. The van der Waals surface area contributed by atoms with Crippen LogP contribution in [-0.4, -0.2) is 17.0 Å². The Bertz CT molecular complexity index is 969. The summed E-state index contributed by atoms with van der Waals surface area (Å²) >= 11 is 0. The summed E-state index contributed by atoms with van der Waals surface area (Å²) in [6.07, 6.45) is 0. The molecule has 1 heterocycles. The quantitative estimate of drug-likeness (QED) is 0.698. The first-order valence-corrected chi connectivity index (χ1v) is 8.82. The zero-order valence-corrected chi connectivity index (χ0v) is 15.5. The number of nitriles is 1. The number of carbonyl (C=O) groups is 1. The third kappa shape index (κ3) is 4.18. The van der Waals surface area contributed by atoms with Crippen LogP contribution in [0, 0.1) is 25.2 Å². The molecule has 0 spiro atoms. The van der Waals surface area contributed by atoms with E-state index in [0.717, 1.165) is 22.5 Å². The van der Waals surface area contributed by atoms with Crippen molar-refractivity contribution in [2.75, 3.05) is 17.2 Å². The minimum absolute atomic E-state index is 0.128. The van der Waals surface area contributed by atoms with Crippen molar-refractivity contribution in [3.05, 3.63) is 83.0 Å². The van der Waals surface area contributed by atoms with Crippen molar-refractivity contribution in [1.82, 2.24) is 4.57 Å². The topological polar surface area (TPSA) is 69.8 Å². The molecule has 0 radical (unpaired) electrons. The smallest absolute Gasteiger partial charge is 0.244 e. The van der Waals surface area contributed by atoms with Gasteiger partial charge in [-0.25, -0.2) is 0 Å². The third-order valence-corrected chi connectivity index (χ3v) is 4.61. The van der Waals surface area contributed by atoms with E-state index in [-0.39, 0.29) is 12.5 Å². The van der Waals surface area contributed by atoms with Crippen molar-refractivity contribution in [1.29, 1.82) is 5.26 Å². The second-order valence-electron chi connectivity index (χ2n) is 6.39. The van der Waals surface area contributed by atoms with Crippen LogP contribution in [0.1, 0.15) is 22.4 Å². The zero-order chi connectivity index (χ0) is 19.2. The molecule has 0 atom stereocenters. The lowest BCUT2D eigenvalue weighted by Gasteiger charge is -2.14. The van der Waals surface area contributed by atoms with Crippen LogP contribution >= 0.6 is 0 Å². The second kappa shape index (κ2) is 8.24. The molecule has 0 bridgehead atoms. The number of benzene rings is 2. The molecule has 0 saturated carbocycles. The van der Waals surface area contributed by atoms with Gasteiger partial charge in [0.2, 0.25) is 5.91 Å². The molecule has 5 heteroatoms. The van der Waals surface area contributed by atoms with Crippen LogP contribution in [0.15, 0.2) is 60.7 Å². The summed E-state index contributed by atoms with van der Waals surface area (Å²) in [4.78, 5) is 12.5. The molecular weight excluding hydrogens is 336 g/mol. The predicted octanol–water partition coefficient (Wildman–Crippen LogP) is 4.08. The standard InChI is InChI=1S/C22H22N4O/c1-16-17(2)26(15-18-9-5-3-6-10-18)22(20(16)13-23)25-21(27)14-24-19-11-7-4-8-12-19/h3-12,24H,14-15H2,1-2H3,(H,25,27). The number of nitrogens with zero attached hydrogens (tertiary/aromatic N) is 2. The molecular formula is C22H22N4O. The highest BCUT2D eigenvalue weighted by Gasteiger charge is 2.19. The van der Waals surface area contributed by atoms with Gasteiger partial charge < -0.3 is 15.2 Å². The van der Waals surface area contributed by atoms with Crippen LogP contribution in [0.5, 0.6) is 0 Å². The third-order valence-electron chi connectivity index (χ3n) is 4.61. The Labute approximate surface area is 159 Å². The fourth-order valence-electron chi connectivity index (χ4n) is 3.01. The monoisotopic (exact) mass is 358 g/mol. The molecule has 2 aromatic carbocycles. The van der Waals surface area contributed by atoms with Gasteiger partial charge in [-0.2, -0.15) is 5.26 Å². The normalized spacial score (nSPS) is 10.3. The highest BCUT2D eigenvalue weighted by Crippen LogP contribution is 2.27. The Morgan fingerprint density at radius 3 is 2.30 bits per heavy atom. The zero-order valence-electron chi connectivity index (χ0n) is 15.5. The van der Waals surface area contributed by atoms with Gasteiger partial charge in [-0.15, -0.1) is 0 Å². The average molecular weight is 358 g/mol. The summed E-state index contributed by atoms with van der Waals surface area (Å²) in [5.74, 6) is 0.360. The van der Waals surface area contributed by atoms with Crippen molar-refractivity contribution in [3.63, 3.8) is 0 Å². The van der Waals surface area contributed by atoms with Crippen LogP contribution in [0.3, 0.4) is 0 Å². The van der Waals surface area contributed by atoms with Gasteiger partial charge in [0, 0.05) is 17.9 Å². The van der Waals surface area contributed by atoms with Crippen LogP contribution in [0.2, 0.25) is 0 Å². The van der Waals surface area contributed by atoms with E-state index in [1.165, 1.54) is 0 Å². The molecule has 0 aliphatic carbocycles. The van der Waals surface area contributed by atoms with E-state index in [2.05, 4.69) is 16.7 Å². The van der Waals surface area contributed by atoms with Crippen molar-refractivity contribution < 1.29 is 4.79 Å². The Balaban J connectivity index is 1.82. The maximum atomic E-state index is 12.5. The Morgan fingerprint density at radius 2 is 1.67 bits per heavy atom. The lowest BCUT2D eigenvalue weighted by Crippen LogP contribution is -2.24. The molecule has 2 N–H and O–H groups in total. The first kappa shape index (κ1) is 18.3. The predicted molar refractivity (Wildman–Crippen MR) is 108 cm³/mol. The minimum Gasteiger partial charge on any atom is -0.376 e. The molecule has 1 amide bonds. The average Bonchev–Trinajstić information content (AvgIpc) is 2.92. The van der Waals surface area contributed by atoms with E-state index >= 15 is 0 Å². The van der Waals surface area contributed by atoms with E-state index in [9.17, 15) is 10.1 Å². The van der Waals surface area contributed by atoms with Crippen LogP contribution < -0.4 is 10.6 Å². The van der Waals surface area contributed by atoms with Crippen molar-refractivity contribution in [3.8, 4) is 6.07 Å². The molecule has 136 valence electrons. The number of amides is 1. The first-order valence-electron chi connectivity index (χ1n) is 8.82. The van der Waals surface area contributed by atoms with Gasteiger partial charge in [0.25, 0.3) is 0 Å². The fourth-order valence-corrected chi connectivity index (χ4v) is 3.01. The Hall–Kier alpha value is -3.52. The highest BCUT2D eigenvalue weighted by molar-refractivity contribution is 5.94. The van der Waals surface area contributed by atoms with Crippen molar-refractivity contribution in [2.24, 2.45) is 0 Å². The van der Waals surface area contributed by atoms with Gasteiger partial charge in [-0.05, 0) is 37.1 Å². The number of hydrogen-bond donors (Lipinski definition) is 2. The number of anilines is 2. The van der Waals surface area contributed by atoms with Crippen molar-refractivity contribution in [2.45, 2.75) is 20.4 Å². The SMILES string of the molecule is Cc1c(C#N)c(NC(=O)CNc2ccccc2)n(Cc2ccccc2)c1C. The summed E-state index contributed by atoms with van der Waals surface area (Å²) in [5.41, 5.74) is 4.36. The highest BCUT2D eigenvalue weighted by atomic mass is 16.2. The molecule has 0 saturated heterocycles. The van der Waals surface area contributed by atoms with E-state index < -0.39 is 0 Å². The minimum atomic E-state index is -0.192. The number of nitrogens with one attached hydrogen (secondary N) is 2. The molecule has 0 aliphatic heterocycles. The van der Waals surface area contributed by atoms with E-state index in [1.807, 2.05) is 79.1 Å². The lowest BCUT2D eigenvalue weighted by molar-refractivity contribution is -0.114. The summed E-state index contributed by atoms with van der Waals surface area (Å²) in [7, 11) is 0.